The lowest BCUT2D eigenvalue weighted by Crippen LogP contribution is -2.15. The molecule has 0 fully saturated rings. The summed E-state index contributed by atoms with van der Waals surface area (Å²) in [4.78, 5) is 24.1. The van der Waals surface area contributed by atoms with E-state index in [2.05, 4.69) is 12.2 Å². The molecule has 0 spiro atoms. The van der Waals surface area contributed by atoms with E-state index in [4.69, 9.17) is 0 Å². The average Bonchev–Trinajstić information content (AvgIpc) is 2.55. The first kappa shape index (κ1) is 16.0. The predicted octanol–water partition coefficient (Wildman–Crippen LogP) is 4.16. The highest BCUT2D eigenvalue weighted by Crippen LogP contribution is 2.21. The van der Waals surface area contributed by atoms with Crippen LogP contribution >= 0.6 is 0 Å². The number of carbonyl (C=O) groups excluding carboxylic acids is 2. The van der Waals surface area contributed by atoms with E-state index in [1.165, 1.54) is 0 Å². The van der Waals surface area contributed by atoms with Gasteiger partial charge in [-0.05, 0) is 24.5 Å². The van der Waals surface area contributed by atoms with Gasteiger partial charge in [0, 0.05) is 24.1 Å². The summed E-state index contributed by atoms with van der Waals surface area (Å²) < 4.78 is 0. The molecule has 0 bridgehead atoms. The van der Waals surface area contributed by atoms with Crippen molar-refractivity contribution in [3.8, 4) is 0 Å². The molecule has 0 aliphatic heterocycles. The van der Waals surface area contributed by atoms with Gasteiger partial charge >= 0.3 is 0 Å². The van der Waals surface area contributed by atoms with E-state index in [1.807, 2.05) is 43.3 Å². The van der Waals surface area contributed by atoms with E-state index in [0.717, 1.165) is 23.2 Å². The summed E-state index contributed by atoms with van der Waals surface area (Å²) in [6.45, 7) is 4.03. The Labute approximate surface area is 131 Å². The second-order valence-electron chi connectivity index (χ2n) is 5.30. The number of aryl methyl sites for hydroxylation is 2. The smallest absolute Gasteiger partial charge is 0.224 e. The summed E-state index contributed by atoms with van der Waals surface area (Å²) in [7, 11) is 0. The highest BCUT2D eigenvalue weighted by molar-refractivity contribution is 6.00. The number of anilines is 1. The number of nitrogens with one attached hydrogen (secondary N) is 1. The van der Waals surface area contributed by atoms with Crippen molar-refractivity contribution >= 4 is 17.4 Å². The van der Waals surface area contributed by atoms with Gasteiger partial charge in [0.15, 0.2) is 5.78 Å². The maximum atomic E-state index is 12.1. The van der Waals surface area contributed by atoms with Crippen molar-refractivity contribution in [2.45, 2.75) is 33.1 Å². The van der Waals surface area contributed by atoms with Crippen LogP contribution in [0.25, 0.3) is 0 Å². The Balaban J connectivity index is 1.95. The number of Topliss-reactive ketones (excluding diaryl/α,β-unsaturated/α-hetero) is 1. The first-order chi connectivity index (χ1) is 10.6. The summed E-state index contributed by atoms with van der Waals surface area (Å²) in [5.41, 5.74) is 3.69. The Hall–Kier alpha value is -2.42. The molecular weight excluding hydrogens is 274 g/mol. The summed E-state index contributed by atoms with van der Waals surface area (Å²) in [6.07, 6.45) is 1.29. The fourth-order valence-corrected chi connectivity index (χ4v) is 2.40. The molecule has 2 aromatic rings. The molecule has 3 nitrogen and oxygen atoms in total. The Morgan fingerprint density at radius 3 is 2.36 bits per heavy atom. The molecule has 3 heteroatoms. The lowest BCUT2D eigenvalue weighted by molar-refractivity contribution is -0.116. The molecule has 0 aromatic heterocycles. The number of amides is 1. The van der Waals surface area contributed by atoms with Crippen LogP contribution in [0.2, 0.25) is 0 Å². The van der Waals surface area contributed by atoms with Crippen LogP contribution < -0.4 is 5.32 Å². The molecule has 2 aromatic carbocycles. The highest BCUT2D eigenvalue weighted by atomic mass is 16.2. The Kier molecular flexibility index (Phi) is 5.48. The summed E-state index contributed by atoms with van der Waals surface area (Å²) in [5.74, 6) is -0.121. The normalized spacial score (nSPS) is 10.3. The van der Waals surface area contributed by atoms with Crippen molar-refractivity contribution in [3.63, 3.8) is 0 Å². The zero-order valence-corrected chi connectivity index (χ0v) is 13.1. The molecule has 0 saturated heterocycles. The summed E-state index contributed by atoms with van der Waals surface area (Å²) in [6, 6.07) is 15.0. The van der Waals surface area contributed by atoms with Gasteiger partial charge in [0.1, 0.15) is 0 Å². The molecule has 0 unspecified atom stereocenters. The third-order valence-electron chi connectivity index (χ3n) is 3.68. The second kappa shape index (κ2) is 7.55. The van der Waals surface area contributed by atoms with E-state index < -0.39 is 0 Å². The quantitative estimate of drug-likeness (QED) is 0.813. The van der Waals surface area contributed by atoms with Crippen LogP contribution in [0.5, 0.6) is 0 Å². The van der Waals surface area contributed by atoms with Crippen molar-refractivity contribution < 1.29 is 9.59 Å². The van der Waals surface area contributed by atoms with Gasteiger partial charge in [-0.1, -0.05) is 55.5 Å². The lowest BCUT2D eigenvalue weighted by atomic mass is 10.0. The minimum Gasteiger partial charge on any atom is -0.326 e. The number of hydrogen-bond acceptors (Lipinski definition) is 2. The second-order valence-corrected chi connectivity index (χ2v) is 5.30. The number of carbonyl (C=O) groups is 2. The van der Waals surface area contributed by atoms with Crippen molar-refractivity contribution in [1.82, 2.24) is 0 Å². The molecule has 0 atom stereocenters. The zero-order valence-electron chi connectivity index (χ0n) is 13.1. The fourth-order valence-electron chi connectivity index (χ4n) is 2.40. The monoisotopic (exact) mass is 295 g/mol. The Bertz CT molecular complexity index is 662. The van der Waals surface area contributed by atoms with Crippen molar-refractivity contribution in [1.29, 1.82) is 0 Å². The SMILES string of the molecule is CCc1cccc(C)c1NC(=O)CCC(=O)c1ccccc1. The van der Waals surface area contributed by atoms with Crippen LogP contribution in [-0.4, -0.2) is 11.7 Å². The molecule has 0 aliphatic carbocycles. The van der Waals surface area contributed by atoms with E-state index in [1.54, 1.807) is 12.1 Å². The molecule has 22 heavy (non-hydrogen) atoms. The first-order valence-electron chi connectivity index (χ1n) is 7.58. The number of benzene rings is 2. The number of ketones is 1. The predicted molar refractivity (Wildman–Crippen MR) is 89.2 cm³/mol. The minimum absolute atomic E-state index is 0.00347. The van der Waals surface area contributed by atoms with Crippen LogP contribution in [0, 0.1) is 6.92 Å². The van der Waals surface area contributed by atoms with Crippen LogP contribution in [0.3, 0.4) is 0 Å². The third kappa shape index (κ3) is 4.04. The van der Waals surface area contributed by atoms with Gasteiger partial charge < -0.3 is 5.32 Å². The van der Waals surface area contributed by atoms with Crippen LogP contribution in [0.1, 0.15) is 41.3 Å². The van der Waals surface area contributed by atoms with Gasteiger partial charge in [-0.25, -0.2) is 0 Å². The molecule has 2 rings (SSSR count). The Morgan fingerprint density at radius 1 is 0.955 bits per heavy atom. The zero-order chi connectivity index (χ0) is 15.9. The van der Waals surface area contributed by atoms with E-state index >= 15 is 0 Å². The van der Waals surface area contributed by atoms with Gasteiger partial charge in [-0.15, -0.1) is 0 Å². The molecule has 1 amide bonds. The largest absolute Gasteiger partial charge is 0.326 e. The van der Waals surface area contributed by atoms with Crippen molar-refractivity contribution in [2.75, 3.05) is 5.32 Å². The van der Waals surface area contributed by atoms with Gasteiger partial charge in [0.25, 0.3) is 0 Å². The van der Waals surface area contributed by atoms with Gasteiger partial charge in [0.2, 0.25) is 5.91 Å². The van der Waals surface area contributed by atoms with E-state index in [9.17, 15) is 9.59 Å². The molecule has 0 radical (unpaired) electrons. The maximum absolute atomic E-state index is 12.1. The molecule has 0 saturated carbocycles. The van der Waals surface area contributed by atoms with Crippen LogP contribution in [-0.2, 0) is 11.2 Å². The van der Waals surface area contributed by atoms with Crippen molar-refractivity contribution in [2.24, 2.45) is 0 Å². The molecule has 0 heterocycles. The summed E-state index contributed by atoms with van der Waals surface area (Å²) >= 11 is 0. The Morgan fingerprint density at radius 2 is 1.68 bits per heavy atom. The van der Waals surface area contributed by atoms with Gasteiger partial charge in [0.05, 0.1) is 0 Å². The standard InChI is InChI=1S/C19H21NO2/c1-3-15-11-7-8-14(2)19(15)20-18(22)13-12-17(21)16-9-5-4-6-10-16/h4-11H,3,12-13H2,1-2H3,(H,20,22). The first-order valence-corrected chi connectivity index (χ1v) is 7.58. The van der Waals surface area contributed by atoms with Crippen LogP contribution in [0.4, 0.5) is 5.69 Å². The number of rotatable bonds is 6. The fraction of sp³-hybridized carbons (Fsp3) is 0.263. The lowest BCUT2D eigenvalue weighted by Gasteiger charge is -2.12. The van der Waals surface area contributed by atoms with Gasteiger partial charge in [-0.3, -0.25) is 9.59 Å². The minimum atomic E-state index is -0.117. The summed E-state index contributed by atoms with van der Waals surface area (Å²) in [5, 5.41) is 2.95. The van der Waals surface area contributed by atoms with E-state index in [0.29, 0.717) is 5.56 Å². The van der Waals surface area contributed by atoms with Gasteiger partial charge in [-0.2, -0.15) is 0 Å². The maximum Gasteiger partial charge on any atom is 0.224 e. The number of para-hydroxylation sites is 1. The molecular formula is C19H21NO2. The highest BCUT2D eigenvalue weighted by Gasteiger charge is 2.11. The topological polar surface area (TPSA) is 46.2 Å². The van der Waals surface area contributed by atoms with Crippen LogP contribution in [0.15, 0.2) is 48.5 Å². The molecule has 114 valence electrons. The van der Waals surface area contributed by atoms with Crippen molar-refractivity contribution in [3.05, 3.63) is 65.2 Å². The number of hydrogen-bond donors (Lipinski definition) is 1. The third-order valence-corrected chi connectivity index (χ3v) is 3.68. The molecule has 0 aliphatic rings. The van der Waals surface area contributed by atoms with E-state index in [-0.39, 0.29) is 24.5 Å². The molecule has 1 N–H and O–H groups in total. The average molecular weight is 295 g/mol.